The van der Waals surface area contributed by atoms with Crippen molar-refractivity contribution in [3.63, 3.8) is 0 Å². The second-order valence-corrected chi connectivity index (χ2v) is 6.05. The van der Waals surface area contributed by atoms with E-state index in [0.29, 0.717) is 5.92 Å². The fraction of sp³-hybridized carbons (Fsp3) is 0.625. The molecule has 1 aromatic rings. The van der Waals surface area contributed by atoms with Crippen LogP contribution in [0, 0.1) is 5.92 Å². The molecule has 3 nitrogen and oxygen atoms in total. The maximum Gasteiger partial charge on any atom is 0.573 e. The highest BCUT2D eigenvalue weighted by Gasteiger charge is 2.31. The topological polar surface area (TPSA) is 38.5 Å². The van der Waals surface area contributed by atoms with Gasteiger partial charge in [0.15, 0.2) is 0 Å². The van der Waals surface area contributed by atoms with Gasteiger partial charge in [-0.25, -0.2) is 0 Å². The Morgan fingerprint density at radius 1 is 1.22 bits per heavy atom. The Labute approximate surface area is 141 Å². The van der Waals surface area contributed by atoms with Gasteiger partial charge in [0.25, 0.3) is 0 Å². The van der Waals surface area contributed by atoms with Crippen molar-refractivity contribution >= 4 is 12.4 Å². The van der Waals surface area contributed by atoms with Gasteiger partial charge in [0.05, 0.1) is 0 Å². The van der Waals surface area contributed by atoms with Crippen molar-refractivity contribution in [2.45, 2.75) is 45.1 Å². The SMILES string of the molecule is CC(N)C1CCCN(C(C)c2ccc(OC(F)(F)F)cc2)C1.Cl. The van der Waals surface area contributed by atoms with Crippen molar-refractivity contribution in [2.24, 2.45) is 11.7 Å². The van der Waals surface area contributed by atoms with E-state index in [1.807, 2.05) is 6.92 Å². The Morgan fingerprint density at radius 3 is 2.35 bits per heavy atom. The molecule has 1 aliphatic rings. The summed E-state index contributed by atoms with van der Waals surface area (Å²) >= 11 is 0. The number of benzene rings is 1. The van der Waals surface area contributed by atoms with E-state index in [-0.39, 0.29) is 30.2 Å². The van der Waals surface area contributed by atoms with Crippen molar-refractivity contribution in [1.29, 1.82) is 0 Å². The van der Waals surface area contributed by atoms with E-state index < -0.39 is 6.36 Å². The largest absolute Gasteiger partial charge is 0.573 e. The van der Waals surface area contributed by atoms with E-state index in [9.17, 15) is 13.2 Å². The van der Waals surface area contributed by atoms with Crippen molar-refractivity contribution in [3.8, 4) is 5.75 Å². The normalized spacial score (nSPS) is 22.1. The summed E-state index contributed by atoms with van der Waals surface area (Å²) in [6.07, 6.45) is -2.41. The summed E-state index contributed by atoms with van der Waals surface area (Å²) in [5.74, 6) is 0.291. The standard InChI is InChI=1S/C16H23F3N2O.ClH/c1-11(20)14-4-3-9-21(10-14)12(2)13-5-7-15(8-6-13)22-16(17,18)19;/h5-8,11-12,14H,3-4,9-10,20H2,1-2H3;1H. The lowest BCUT2D eigenvalue weighted by Crippen LogP contribution is -2.43. The molecular formula is C16H24ClF3N2O. The van der Waals surface area contributed by atoms with Crippen LogP contribution in [-0.4, -0.2) is 30.4 Å². The van der Waals surface area contributed by atoms with Gasteiger partial charge in [0, 0.05) is 18.6 Å². The van der Waals surface area contributed by atoms with Crippen molar-refractivity contribution in [3.05, 3.63) is 29.8 Å². The van der Waals surface area contributed by atoms with Gasteiger partial charge in [-0.15, -0.1) is 25.6 Å². The zero-order valence-corrected chi connectivity index (χ0v) is 14.2. The summed E-state index contributed by atoms with van der Waals surface area (Å²) in [5, 5.41) is 0. The van der Waals surface area contributed by atoms with Crippen LogP contribution in [0.5, 0.6) is 5.75 Å². The first-order chi connectivity index (χ1) is 10.3. The Hall–Kier alpha value is -0.980. The first kappa shape index (κ1) is 20.1. The molecule has 1 saturated heterocycles. The number of nitrogens with zero attached hydrogens (tertiary/aromatic N) is 1. The molecule has 1 aliphatic heterocycles. The van der Waals surface area contributed by atoms with E-state index in [1.165, 1.54) is 12.1 Å². The summed E-state index contributed by atoms with van der Waals surface area (Å²) in [6, 6.07) is 6.44. The minimum atomic E-state index is -4.65. The fourth-order valence-electron chi connectivity index (χ4n) is 2.98. The second-order valence-electron chi connectivity index (χ2n) is 6.05. The van der Waals surface area contributed by atoms with Crippen LogP contribution in [-0.2, 0) is 0 Å². The predicted molar refractivity (Wildman–Crippen MR) is 86.7 cm³/mol. The molecule has 0 saturated carbocycles. The van der Waals surface area contributed by atoms with E-state index in [1.54, 1.807) is 12.1 Å². The molecule has 3 unspecified atom stereocenters. The van der Waals surface area contributed by atoms with Crippen LogP contribution < -0.4 is 10.5 Å². The Kier molecular flexibility index (Phi) is 7.17. The summed E-state index contributed by atoms with van der Waals surface area (Å²) in [5.41, 5.74) is 6.98. The molecule has 7 heteroatoms. The van der Waals surface area contributed by atoms with Crippen molar-refractivity contribution in [1.82, 2.24) is 4.90 Å². The van der Waals surface area contributed by atoms with E-state index in [4.69, 9.17) is 5.73 Å². The van der Waals surface area contributed by atoms with Crippen LogP contribution in [0.3, 0.4) is 0 Å². The zero-order valence-electron chi connectivity index (χ0n) is 13.3. The molecule has 3 atom stereocenters. The first-order valence-electron chi connectivity index (χ1n) is 7.61. The summed E-state index contributed by atoms with van der Waals surface area (Å²) in [6.45, 7) is 6.02. The lowest BCUT2D eigenvalue weighted by Gasteiger charge is -2.38. The molecule has 0 amide bonds. The summed E-state index contributed by atoms with van der Waals surface area (Å²) in [4.78, 5) is 2.34. The Balaban J connectivity index is 0.00000264. The van der Waals surface area contributed by atoms with Gasteiger partial charge in [-0.3, -0.25) is 4.90 Å². The van der Waals surface area contributed by atoms with Gasteiger partial charge in [-0.2, -0.15) is 0 Å². The molecule has 2 N–H and O–H groups in total. The van der Waals surface area contributed by atoms with E-state index >= 15 is 0 Å². The molecule has 23 heavy (non-hydrogen) atoms. The third-order valence-corrected chi connectivity index (χ3v) is 4.38. The smallest absolute Gasteiger partial charge is 0.406 e. The molecule has 0 spiro atoms. The molecule has 1 heterocycles. The maximum absolute atomic E-state index is 12.2. The average molecular weight is 353 g/mol. The number of rotatable bonds is 4. The van der Waals surface area contributed by atoms with Crippen LogP contribution in [0.1, 0.15) is 38.3 Å². The number of alkyl halides is 3. The van der Waals surface area contributed by atoms with Gasteiger partial charge in [-0.05, 0) is 56.8 Å². The number of piperidine rings is 1. The minimum absolute atomic E-state index is 0. The third kappa shape index (κ3) is 5.86. The minimum Gasteiger partial charge on any atom is -0.406 e. The molecule has 0 bridgehead atoms. The lowest BCUT2D eigenvalue weighted by atomic mass is 9.90. The van der Waals surface area contributed by atoms with E-state index in [0.717, 1.165) is 31.5 Å². The van der Waals surface area contributed by atoms with Gasteiger partial charge < -0.3 is 10.5 Å². The molecule has 0 aromatic heterocycles. The molecule has 0 aliphatic carbocycles. The quantitative estimate of drug-likeness (QED) is 0.885. The summed E-state index contributed by atoms with van der Waals surface area (Å²) in [7, 11) is 0. The molecule has 132 valence electrons. The van der Waals surface area contributed by atoms with Crippen molar-refractivity contribution < 1.29 is 17.9 Å². The number of nitrogens with two attached hydrogens (primary N) is 1. The number of ether oxygens (including phenoxy) is 1. The Morgan fingerprint density at radius 2 is 1.83 bits per heavy atom. The van der Waals surface area contributed by atoms with Gasteiger partial charge in [0.1, 0.15) is 5.75 Å². The average Bonchev–Trinajstić information content (AvgIpc) is 2.46. The van der Waals surface area contributed by atoms with Crippen LogP contribution in [0.4, 0.5) is 13.2 Å². The number of hydrogen-bond donors (Lipinski definition) is 1. The fourth-order valence-corrected chi connectivity index (χ4v) is 2.98. The molecular weight excluding hydrogens is 329 g/mol. The van der Waals surface area contributed by atoms with Crippen LogP contribution in [0.15, 0.2) is 24.3 Å². The third-order valence-electron chi connectivity index (χ3n) is 4.38. The second kappa shape index (κ2) is 8.22. The number of hydrogen-bond acceptors (Lipinski definition) is 3. The zero-order chi connectivity index (χ0) is 16.3. The number of halogens is 4. The van der Waals surface area contributed by atoms with Crippen LogP contribution in [0.2, 0.25) is 0 Å². The molecule has 1 aromatic carbocycles. The van der Waals surface area contributed by atoms with Crippen LogP contribution in [0.25, 0.3) is 0 Å². The van der Waals surface area contributed by atoms with Gasteiger partial charge >= 0.3 is 6.36 Å². The Bertz CT molecular complexity index is 479. The highest BCUT2D eigenvalue weighted by Crippen LogP contribution is 2.29. The van der Waals surface area contributed by atoms with Crippen molar-refractivity contribution in [2.75, 3.05) is 13.1 Å². The van der Waals surface area contributed by atoms with Crippen LogP contribution >= 0.6 is 12.4 Å². The summed E-state index contributed by atoms with van der Waals surface area (Å²) < 4.78 is 40.4. The highest BCUT2D eigenvalue weighted by molar-refractivity contribution is 5.85. The van der Waals surface area contributed by atoms with E-state index in [2.05, 4.69) is 16.6 Å². The number of likely N-dealkylation sites (tertiary alicyclic amines) is 1. The lowest BCUT2D eigenvalue weighted by molar-refractivity contribution is -0.274. The molecule has 1 fully saturated rings. The predicted octanol–water partition coefficient (Wildman–Crippen LogP) is 4.13. The molecule has 0 radical (unpaired) electrons. The highest BCUT2D eigenvalue weighted by atomic mass is 35.5. The molecule has 2 rings (SSSR count). The monoisotopic (exact) mass is 352 g/mol. The van der Waals surface area contributed by atoms with Gasteiger partial charge in [-0.1, -0.05) is 12.1 Å². The maximum atomic E-state index is 12.2. The first-order valence-corrected chi connectivity index (χ1v) is 7.61. The van der Waals surface area contributed by atoms with Gasteiger partial charge in [0.2, 0.25) is 0 Å².